The highest BCUT2D eigenvalue weighted by atomic mass is 16.7. The van der Waals surface area contributed by atoms with Crippen LogP contribution in [0.2, 0.25) is 0 Å². The van der Waals surface area contributed by atoms with Crippen LogP contribution < -0.4 is 14.2 Å². The number of carbonyl (C=O) groups is 1. The van der Waals surface area contributed by atoms with Crippen molar-refractivity contribution < 1.29 is 33.4 Å². The van der Waals surface area contributed by atoms with Crippen molar-refractivity contribution in [3.63, 3.8) is 0 Å². The van der Waals surface area contributed by atoms with E-state index in [1.807, 2.05) is 13.8 Å². The van der Waals surface area contributed by atoms with Crippen LogP contribution in [0.25, 0.3) is 0 Å². The number of ether oxygens (including phenoxy) is 5. The predicted octanol–water partition coefficient (Wildman–Crippen LogP) is 3.61. The molecule has 2 aromatic carbocycles. The van der Waals surface area contributed by atoms with Gasteiger partial charge in [-0.3, -0.25) is 10.1 Å². The molecule has 0 saturated carbocycles. The Kier molecular flexibility index (Phi) is 6.18. The van der Waals surface area contributed by atoms with Gasteiger partial charge in [0, 0.05) is 23.3 Å². The molecule has 0 N–H and O–H groups in total. The number of rotatable bonds is 7. The van der Waals surface area contributed by atoms with Crippen molar-refractivity contribution in [3.05, 3.63) is 57.1 Å². The summed E-state index contributed by atoms with van der Waals surface area (Å²) in [5.41, 5.74) is 1.08. The second-order valence-corrected chi connectivity index (χ2v) is 6.57. The third-order valence-electron chi connectivity index (χ3n) is 4.10. The molecule has 2 aromatic rings. The molecule has 0 spiro atoms. The van der Waals surface area contributed by atoms with Gasteiger partial charge in [-0.05, 0) is 32.0 Å². The summed E-state index contributed by atoms with van der Waals surface area (Å²) in [7, 11) is 1.48. The summed E-state index contributed by atoms with van der Waals surface area (Å²) < 4.78 is 26.9. The summed E-state index contributed by atoms with van der Waals surface area (Å²) >= 11 is 0. The van der Waals surface area contributed by atoms with Crippen molar-refractivity contribution >= 4 is 11.7 Å². The highest BCUT2D eigenvalue weighted by Gasteiger charge is 2.22. The summed E-state index contributed by atoms with van der Waals surface area (Å²) in [4.78, 5) is 23.1. The van der Waals surface area contributed by atoms with E-state index in [0.717, 1.165) is 0 Å². The van der Waals surface area contributed by atoms with Crippen LogP contribution in [-0.4, -0.2) is 30.9 Å². The van der Waals surface area contributed by atoms with E-state index in [1.165, 1.54) is 25.3 Å². The number of esters is 1. The maximum Gasteiger partial charge on any atom is 0.338 e. The van der Waals surface area contributed by atoms with Crippen molar-refractivity contribution in [2.24, 2.45) is 0 Å². The fourth-order valence-electron chi connectivity index (χ4n) is 2.87. The number of nitro benzene ring substituents is 1. The van der Waals surface area contributed by atoms with Crippen molar-refractivity contribution in [1.29, 1.82) is 0 Å². The first-order chi connectivity index (χ1) is 13.9. The van der Waals surface area contributed by atoms with Crippen LogP contribution in [0.5, 0.6) is 17.2 Å². The summed E-state index contributed by atoms with van der Waals surface area (Å²) in [6, 6.07) is 7.43. The number of non-ortho nitro benzene ring substituents is 1. The lowest BCUT2D eigenvalue weighted by Gasteiger charge is -2.20. The van der Waals surface area contributed by atoms with E-state index in [4.69, 9.17) is 23.7 Å². The normalized spacial score (nSPS) is 12.7. The monoisotopic (exact) mass is 403 g/mol. The Labute approximate surface area is 167 Å². The molecule has 0 bridgehead atoms. The molecule has 9 nitrogen and oxygen atoms in total. The zero-order chi connectivity index (χ0) is 21.0. The molecule has 0 unspecified atom stereocenters. The average Bonchev–Trinajstić information content (AvgIpc) is 2.71. The molecule has 1 aliphatic rings. The van der Waals surface area contributed by atoms with Gasteiger partial charge in [-0.25, -0.2) is 4.79 Å². The number of nitro groups is 1. The van der Waals surface area contributed by atoms with Gasteiger partial charge in [-0.1, -0.05) is 0 Å². The Balaban J connectivity index is 1.79. The number of fused-ring (bicyclic) bond motifs is 1. The molecule has 0 aromatic heterocycles. The van der Waals surface area contributed by atoms with Gasteiger partial charge in [0.2, 0.25) is 0 Å². The Morgan fingerprint density at radius 1 is 1.24 bits per heavy atom. The van der Waals surface area contributed by atoms with Gasteiger partial charge in [-0.15, -0.1) is 0 Å². The summed E-state index contributed by atoms with van der Waals surface area (Å²) in [6.45, 7) is 3.80. The second-order valence-electron chi connectivity index (χ2n) is 6.57. The van der Waals surface area contributed by atoms with Gasteiger partial charge < -0.3 is 23.7 Å². The minimum atomic E-state index is -0.605. The van der Waals surface area contributed by atoms with Crippen molar-refractivity contribution in [3.8, 4) is 17.2 Å². The fraction of sp³-hybridized carbons (Fsp3) is 0.350. The number of nitrogens with zero attached hydrogens (tertiary/aromatic N) is 1. The second kappa shape index (κ2) is 8.78. The molecule has 1 heterocycles. The lowest BCUT2D eigenvalue weighted by Crippen LogP contribution is -2.15. The predicted molar refractivity (Wildman–Crippen MR) is 101 cm³/mol. The van der Waals surface area contributed by atoms with Crippen LogP contribution in [-0.2, 0) is 22.7 Å². The number of carbonyl (C=O) groups excluding carboxylic acids is 1. The molecule has 0 aliphatic carbocycles. The van der Waals surface area contributed by atoms with E-state index in [-0.39, 0.29) is 37.4 Å². The molecule has 3 rings (SSSR count). The van der Waals surface area contributed by atoms with Crippen molar-refractivity contribution in [1.82, 2.24) is 0 Å². The molecule has 154 valence electrons. The molecular formula is C20H21NO8. The largest absolute Gasteiger partial charge is 0.493 e. The van der Waals surface area contributed by atoms with Crippen LogP contribution in [0.3, 0.4) is 0 Å². The van der Waals surface area contributed by atoms with Crippen LogP contribution in [0, 0.1) is 10.1 Å². The minimum Gasteiger partial charge on any atom is -0.493 e. The number of hydrogen-bond donors (Lipinski definition) is 0. The van der Waals surface area contributed by atoms with E-state index in [1.54, 1.807) is 12.1 Å². The van der Waals surface area contributed by atoms with E-state index in [9.17, 15) is 14.9 Å². The number of hydrogen-bond acceptors (Lipinski definition) is 8. The molecule has 29 heavy (non-hydrogen) atoms. The van der Waals surface area contributed by atoms with Gasteiger partial charge in [0.1, 0.15) is 12.4 Å². The van der Waals surface area contributed by atoms with E-state index in [2.05, 4.69) is 0 Å². The first kappa shape index (κ1) is 20.4. The highest BCUT2D eigenvalue weighted by Crippen LogP contribution is 2.34. The quantitative estimate of drug-likeness (QED) is 0.392. The topological polar surface area (TPSA) is 106 Å². The zero-order valence-electron chi connectivity index (χ0n) is 16.3. The van der Waals surface area contributed by atoms with Crippen LogP contribution in [0.1, 0.15) is 35.3 Å². The van der Waals surface area contributed by atoms with Crippen molar-refractivity contribution in [2.75, 3.05) is 13.9 Å². The van der Waals surface area contributed by atoms with Crippen LogP contribution in [0.4, 0.5) is 5.69 Å². The summed E-state index contributed by atoms with van der Waals surface area (Å²) in [5, 5.41) is 11.2. The maximum absolute atomic E-state index is 12.5. The molecule has 1 aliphatic heterocycles. The van der Waals surface area contributed by atoms with Crippen molar-refractivity contribution in [2.45, 2.75) is 33.2 Å². The minimum absolute atomic E-state index is 0.0280. The maximum atomic E-state index is 12.5. The molecule has 0 radical (unpaired) electrons. The van der Waals surface area contributed by atoms with E-state index >= 15 is 0 Å². The average molecular weight is 403 g/mol. The molecule has 0 amide bonds. The third-order valence-corrected chi connectivity index (χ3v) is 4.10. The molecule has 0 atom stereocenters. The third kappa shape index (κ3) is 4.75. The van der Waals surface area contributed by atoms with Gasteiger partial charge >= 0.3 is 5.97 Å². The first-order valence-electron chi connectivity index (χ1n) is 8.91. The Bertz CT molecular complexity index is 925. The number of methoxy groups -OCH3 is 1. The zero-order valence-corrected chi connectivity index (χ0v) is 16.3. The number of benzene rings is 2. The highest BCUT2D eigenvalue weighted by molar-refractivity contribution is 5.90. The SMILES string of the molecule is COc1cc(C(=O)OCc2cc([N+](=O)[O-])cc3c2OCOC3)ccc1OC(C)C. The van der Waals surface area contributed by atoms with E-state index < -0.39 is 10.9 Å². The van der Waals surface area contributed by atoms with Crippen LogP contribution >= 0.6 is 0 Å². The first-order valence-corrected chi connectivity index (χ1v) is 8.91. The van der Waals surface area contributed by atoms with Gasteiger partial charge in [0.15, 0.2) is 18.3 Å². The van der Waals surface area contributed by atoms with Crippen LogP contribution in [0.15, 0.2) is 30.3 Å². The fourth-order valence-corrected chi connectivity index (χ4v) is 2.87. The Morgan fingerprint density at radius 2 is 2.03 bits per heavy atom. The lowest BCUT2D eigenvalue weighted by molar-refractivity contribution is -0.385. The summed E-state index contributed by atoms with van der Waals surface area (Å²) in [5.74, 6) is 0.751. The molecular weight excluding hydrogens is 382 g/mol. The van der Waals surface area contributed by atoms with Gasteiger partial charge in [0.05, 0.1) is 30.3 Å². The lowest BCUT2D eigenvalue weighted by atomic mass is 10.1. The van der Waals surface area contributed by atoms with Gasteiger partial charge in [-0.2, -0.15) is 0 Å². The van der Waals surface area contributed by atoms with E-state index in [0.29, 0.717) is 28.4 Å². The standard InChI is InChI=1S/C20H21NO8/c1-12(2)29-17-5-4-13(8-18(17)25-3)20(22)27-10-15-7-16(21(23)24)6-14-9-26-11-28-19(14)15/h4-8,12H,9-11H2,1-3H3. The smallest absolute Gasteiger partial charge is 0.338 e. The Morgan fingerprint density at radius 3 is 2.72 bits per heavy atom. The molecule has 9 heteroatoms. The molecule has 0 fully saturated rings. The molecule has 0 saturated heterocycles. The summed E-state index contributed by atoms with van der Waals surface area (Å²) in [6.07, 6.45) is -0.0503. The van der Waals surface area contributed by atoms with Gasteiger partial charge in [0.25, 0.3) is 5.69 Å². The Hall–Kier alpha value is -3.33.